The molecule has 2 rings (SSSR count). The van der Waals surface area contributed by atoms with Crippen molar-refractivity contribution in [1.82, 2.24) is 9.78 Å². The predicted molar refractivity (Wildman–Crippen MR) is 81.0 cm³/mol. The second kappa shape index (κ2) is 6.25. The Kier molecular flexibility index (Phi) is 4.41. The number of aryl methyl sites for hydroxylation is 3. The largest absolute Gasteiger partial charge is 0.384 e. The van der Waals surface area contributed by atoms with E-state index >= 15 is 0 Å². The minimum Gasteiger partial charge on any atom is -0.384 e. The maximum atomic E-state index is 12.2. The molecule has 0 unspecified atom stereocenters. The Morgan fingerprint density at radius 2 is 2.14 bits per heavy atom. The van der Waals surface area contributed by atoms with Gasteiger partial charge in [-0.3, -0.25) is 9.48 Å². The fourth-order valence-corrected chi connectivity index (χ4v) is 2.00. The summed E-state index contributed by atoms with van der Waals surface area (Å²) in [4.78, 5) is 12.2. The molecule has 0 aliphatic carbocycles. The standard InChI is InChI=1S/C16H17N3O2/c1-11-9-14(7-6-13(11)5-4-8-20)16(21)17-15-10-12(2)18-19(15)3/h6-7,9-10,20H,8H2,1-3H3,(H,17,21). The highest BCUT2D eigenvalue weighted by atomic mass is 16.2. The van der Waals surface area contributed by atoms with E-state index in [2.05, 4.69) is 22.3 Å². The molecule has 2 N–H and O–H groups in total. The van der Waals surface area contributed by atoms with Crippen LogP contribution in [0.3, 0.4) is 0 Å². The zero-order valence-electron chi connectivity index (χ0n) is 12.3. The van der Waals surface area contributed by atoms with Crippen LogP contribution in [0.5, 0.6) is 0 Å². The summed E-state index contributed by atoms with van der Waals surface area (Å²) in [6.07, 6.45) is 0. The number of hydrogen-bond donors (Lipinski definition) is 2. The lowest BCUT2D eigenvalue weighted by molar-refractivity contribution is 0.102. The second-order valence-electron chi connectivity index (χ2n) is 4.74. The van der Waals surface area contributed by atoms with Crippen LogP contribution in [-0.2, 0) is 7.05 Å². The van der Waals surface area contributed by atoms with Crippen molar-refractivity contribution in [3.8, 4) is 11.8 Å². The molecular weight excluding hydrogens is 266 g/mol. The molecule has 1 aromatic heterocycles. The van der Waals surface area contributed by atoms with E-state index in [1.807, 2.05) is 19.9 Å². The summed E-state index contributed by atoms with van der Waals surface area (Å²) in [5.41, 5.74) is 3.10. The molecule has 0 saturated carbocycles. The molecule has 21 heavy (non-hydrogen) atoms. The van der Waals surface area contributed by atoms with Crippen molar-refractivity contribution in [3.63, 3.8) is 0 Å². The lowest BCUT2D eigenvalue weighted by Gasteiger charge is -2.07. The molecule has 0 spiro atoms. The van der Waals surface area contributed by atoms with E-state index < -0.39 is 0 Å². The van der Waals surface area contributed by atoms with Crippen LogP contribution in [0.2, 0.25) is 0 Å². The van der Waals surface area contributed by atoms with Crippen molar-refractivity contribution in [2.45, 2.75) is 13.8 Å². The summed E-state index contributed by atoms with van der Waals surface area (Å²) in [5.74, 6) is 5.90. The van der Waals surface area contributed by atoms with Crippen LogP contribution in [0, 0.1) is 25.7 Å². The quantitative estimate of drug-likeness (QED) is 0.823. The number of amides is 1. The van der Waals surface area contributed by atoms with Crippen LogP contribution >= 0.6 is 0 Å². The van der Waals surface area contributed by atoms with Gasteiger partial charge in [-0.05, 0) is 37.6 Å². The van der Waals surface area contributed by atoms with Crippen LogP contribution in [0.1, 0.15) is 27.2 Å². The van der Waals surface area contributed by atoms with E-state index in [9.17, 15) is 4.79 Å². The fourth-order valence-electron chi connectivity index (χ4n) is 2.00. The summed E-state index contributed by atoms with van der Waals surface area (Å²) in [6.45, 7) is 3.57. The highest BCUT2D eigenvalue weighted by Gasteiger charge is 2.10. The predicted octanol–water partition coefficient (Wildman–Crippen LogP) is 1.63. The highest BCUT2D eigenvalue weighted by Crippen LogP contribution is 2.13. The van der Waals surface area contributed by atoms with Gasteiger partial charge in [0.15, 0.2) is 0 Å². The van der Waals surface area contributed by atoms with E-state index in [1.54, 1.807) is 29.9 Å². The number of carbonyl (C=O) groups is 1. The van der Waals surface area contributed by atoms with Crippen molar-refractivity contribution in [3.05, 3.63) is 46.6 Å². The molecule has 5 heteroatoms. The number of aliphatic hydroxyl groups is 1. The third kappa shape index (κ3) is 3.50. The summed E-state index contributed by atoms with van der Waals surface area (Å²) in [7, 11) is 1.78. The van der Waals surface area contributed by atoms with Crippen molar-refractivity contribution in [1.29, 1.82) is 0 Å². The highest BCUT2D eigenvalue weighted by molar-refractivity contribution is 6.04. The van der Waals surface area contributed by atoms with Gasteiger partial charge in [0, 0.05) is 24.2 Å². The first-order valence-electron chi connectivity index (χ1n) is 6.53. The zero-order valence-corrected chi connectivity index (χ0v) is 12.3. The minimum absolute atomic E-state index is 0.179. The van der Waals surface area contributed by atoms with E-state index in [1.165, 1.54) is 0 Å². The fraction of sp³-hybridized carbons (Fsp3) is 0.250. The van der Waals surface area contributed by atoms with Crippen molar-refractivity contribution in [2.75, 3.05) is 11.9 Å². The van der Waals surface area contributed by atoms with Crippen molar-refractivity contribution < 1.29 is 9.90 Å². The van der Waals surface area contributed by atoms with Crippen LogP contribution in [-0.4, -0.2) is 27.4 Å². The van der Waals surface area contributed by atoms with Gasteiger partial charge in [-0.1, -0.05) is 11.8 Å². The molecule has 0 saturated heterocycles. The average Bonchev–Trinajstić information content (AvgIpc) is 2.75. The summed E-state index contributed by atoms with van der Waals surface area (Å²) >= 11 is 0. The molecule has 0 aliphatic heterocycles. The number of nitrogens with zero attached hydrogens (tertiary/aromatic N) is 2. The number of anilines is 1. The summed E-state index contributed by atoms with van der Waals surface area (Å²) in [6, 6.07) is 7.08. The third-order valence-electron chi connectivity index (χ3n) is 3.03. The number of aromatic nitrogens is 2. The van der Waals surface area contributed by atoms with Crippen molar-refractivity contribution >= 4 is 11.7 Å². The smallest absolute Gasteiger partial charge is 0.256 e. The van der Waals surface area contributed by atoms with Gasteiger partial charge in [-0.25, -0.2) is 0 Å². The number of aliphatic hydroxyl groups excluding tert-OH is 1. The molecule has 108 valence electrons. The Morgan fingerprint density at radius 1 is 1.38 bits per heavy atom. The Bertz CT molecular complexity index is 736. The molecule has 5 nitrogen and oxygen atoms in total. The van der Waals surface area contributed by atoms with Gasteiger partial charge in [0.05, 0.1) is 5.69 Å². The van der Waals surface area contributed by atoms with E-state index in [0.717, 1.165) is 16.8 Å². The van der Waals surface area contributed by atoms with Crippen molar-refractivity contribution in [2.24, 2.45) is 7.05 Å². The van der Waals surface area contributed by atoms with E-state index in [4.69, 9.17) is 5.11 Å². The molecule has 0 bridgehead atoms. The normalized spacial score (nSPS) is 9.90. The van der Waals surface area contributed by atoms with Gasteiger partial charge in [0.2, 0.25) is 0 Å². The number of nitrogens with one attached hydrogen (secondary N) is 1. The zero-order chi connectivity index (χ0) is 15.4. The minimum atomic E-state index is -0.192. The van der Waals surface area contributed by atoms with Gasteiger partial charge in [0.25, 0.3) is 5.91 Å². The maximum absolute atomic E-state index is 12.2. The monoisotopic (exact) mass is 283 g/mol. The first-order valence-corrected chi connectivity index (χ1v) is 6.53. The third-order valence-corrected chi connectivity index (χ3v) is 3.03. The SMILES string of the molecule is Cc1cc(NC(=O)c2ccc(C#CCO)c(C)c2)n(C)n1. The van der Waals surface area contributed by atoms with Gasteiger partial charge in [0.1, 0.15) is 12.4 Å². The van der Waals surface area contributed by atoms with Gasteiger partial charge < -0.3 is 10.4 Å². The summed E-state index contributed by atoms with van der Waals surface area (Å²) in [5, 5.41) is 15.7. The second-order valence-corrected chi connectivity index (χ2v) is 4.74. The number of rotatable bonds is 2. The van der Waals surface area contributed by atoms with E-state index in [-0.39, 0.29) is 12.5 Å². The van der Waals surface area contributed by atoms with Gasteiger partial charge in [-0.15, -0.1) is 0 Å². The molecule has 0 radical (unpaired) electrons. The molecule has 0 atom stereocenters. The molecule has 2 aromatic rings. The Hall–Kier alpha value is -2.58. The topological polar surface area (TPSA) is 67.2 Å². The van der Waals surface area contributed by atoms with Gasteiger partial charge in [-0.2, -0.15) is 5.10 Å². The van der Waals surface area contributed by atoms with E-state index in [0.29, 0.717) is 11.4 Å². The molecule has 0 aliphatic rings. The first kappa shape index (κ1) is 14.8. The number of benzene rings is 1. The number of carbonyl (C=O) groups excluding carboxylic acids is 1. The molecule has 1 amide bonds. The molecule has 0 fully saturated rings. The molecule has 1 heterocycles. The Labute approximate surface area is 123 Å². The van der Waals surface area contributed by atoms with Crippen LogP contribution in [0.15, 0.2) is 24.3 Å². The average molecular weight is 283 g/mol. The van der Waals surface area contributed by atoms with Crippen LogP contribution in [0.4, 0.5) is 5.82 Å². The lowest BCUT2D eigenvalue weighted by Crippen LogP contribution is -2.14. The number of hydrogen-bond acceptors (Lipinski definition) is 3. The van der Waals surface area contributed by atoms with Crippen LogP contribution in [0.25, 0.3) is 0 Å². The molecular formula is C16H17N3O2. The van der Waals surface area contributed by atoms with Crippen LogP contribution < -0.4 is 5.32 Å². The Balaban J connectivity index is 2.20. The molecule has 1 aromatic carbocycles. The summed E-state index contributed by atoms with van der Waals surface area (Å²) < 4.78 is 1.63. The Morgan fingerprint density at radius 3 is 2.71 bits per heavy atom. The maximum Gasteiger partial charge on any atom is 0.256 e. The lowest BCUT2D eigenvalue weighted by atomic mass is 10.0. The first-order chi connectivity index (χ1) is 10.0. The van der Waals surface area contributed by atoms with Gasteiger partial charge >= 0.3 is 0 Å².